The highest BCUT2D eigenvalue weighted by Gasteiger charge is 2.35. The molecule has 0 saturated heterocycles. The maximum absolute atomic E-state index is 12.5. The Labute approximate surface area is 135 Å². The summed E-state index contributed by atoms with van der Waals surface area (Å²) in [5.74, 6) is 0.558. The Morgan fingerprint density at radius 2 is 2.29 bits per heavy atom. The molecule has 1 aromatic rings. The van der Waals surface area contributed by atoms with Gasteiger partial charge in [-0.2, -0.15) is 0 Å². The number of rotatable bonds is 7. The van der Waals surface area contributed by atoms with E-state index in [2.05, 4.69) is 0 Å². The van der Waals surface area contributed by atoms with Gasteiger partial charge in [0, 0.05) is 24.0 Å². The molecule has 1 aromatic carbocycles. The number of carbonyl (C=O) groups excluding carboxylic acids is 1. The zero-order valence-corrected chi connectivity index (χ0v) is 13.5. The van der Waals surface area contributed by atoms with E-state index in [1.165, 1.54) is 0 Å². The number of amides is 1. The quantitative estimate of drug-likeness (QED) is 0.783. The Balaban J connectivity index is 1.97. The standard InChI is InChI=1S/C15H19ClN2O2S/c1-10(20-13-4-2-3-11(16)9-13)15(19)18(12-5-6-12)8-7-14(17)21/h2-4,9-10,12H,5-8H2,1H3,(H2,17,21). The van der Waals surface area contributed by atoms with Crippen molar-refractivity contribution in [2.75, 3.05) is 6.54 Å². The topological polar surface area (TPSA) is 55.6 Å². The number of nitrogens with zero attached hydrogens (tertiary/aromatic N) is 1. The number of nitrogens with two attached hydrogens (primary N) is 1. The molecule has 0 heterocycles. The van der Waals surface area contributed by atoms with Crippen LogP contribution < -0.4 is 10.5 Å². The zero-order valence-electron chi connectivity index (χ0n) is 11.9. The molecule has 0 aromatic heterocycles. The molecule has 1 atom stereocenters. The van der Waals surface area contributed by atoms with Crippen molar-refractivity contribution in [3.05, 3.63) is 29.3 Å². The van der Waals surface area contributed by atoms with Crippen LogP contribution in [0, 0.1) is 0 Å². The van der Waals surface area contributed by atoms with Gasteiger partial charge in [0.2, 0.25) is 0 Å². The molecule has 6 heteroatoms. The maximum atomic E-state index is 12.5. The molecule has 1 amide bonds. The lowest BCUT2D eigenvalue weighted by atomic mass is 10.2. The normalized spacial score (nSPS) is 15.3. The van der Waals surface area contributed by atoms with Crippen LogP contribution in [0.1, 0.15) is 26.2 Å². The first-order valence-electron chi connectivity index (χ1n) is 6.98. The Kier molecular flexibility index (Phi) is 5.42. The van der Waals surface area contributed by atoms with Gasteiger partial charge in [-0.05, 0) is 38.0 Å². The molecule has 0 aliphatic heterocycles. The fraction of sp³-hybridized carbons (Fsp3) is 0.467. The van der Waals surface area contributed by atoms with Crippen molar-refractivity contribution in [1.82, 2.24) is 4.90 Å². The molecule has 21 heavy (non-hydrogen) atoms. The average molecular weight is 327 g/mol. The van der Waals surface area contributed by atoms with Gasteiger partial charge in [0.1, 0.15) is 5.75 Å². The molecule has 114 valence electrons. The van der Waals surface area contributed by atoms with Crippen LogP contribution in [0.15, 0.2) is 24.3 Å². The second kappa shape index (κ2) is 7.09. The highest BCUT2D eigenvalue weighted by molar-refractivity contribution is 7.80. The van der Waals surface area contributed by atoms with Crippen molar-refractivity contribution in [3.8, 4) is 5.75 Å². The largest absolute Gasteiger partial charge is 0.481 e. The minimum absolute atomic E-state index is 0.0336. The van der Waals surface area contributed by atoms with E-state index in [1.54, 1.807) is 31.2 Å². The number of hydrogen-bond acceptors (Lipinski definition) is 3. The van der Waals surface area contributed by atoms with Gasteiger partial charge < -0.3 is 15.4 Å². The summed E-state index contributed by atoms with van der Waals surface area (Å²) in [5, 5.41) is 0.583. The molecule has 0 spiro atoms. The Morgan fingerprint density at radius 1 is 1.57 bits per heavy atom. The molecular weight excluding hydrogens is 308 g/mol. The number of ether oxygens (including phenoxy) is 1. The molecular formula is C15H19ClN2O2S. The van der Waals surface area contributed by atoms with Gasteiger partial charge in [-0.25, -0.2) is 0 Å². The van der Waals surface area contributed by atoms with Crippen molar-refractivity contribution in [2.24, 2.45) is 5.73 Å². The van der Waals surface area contributed by atoms with Gasteiger partial charge in [0.25, 0.3) is 5.91 Å². The van der Waals surface area contributed by atoms with Crippen LogP contribution in [0.3, 0.4) is 0 Å². The minimum Gasteiger partial charge on any atom is -0.481 e. The fourth-order valence-corrected chi connectivity index (χ4v) is 2.39. The maximum Gasteiger partial charge on any atom is 0.263 e. The van der Waals surface area contributed by atoms with Crippen molar-refractivity contribution in [2.45, 2.75) is 38.3 Å². The molecule has 2 N–H and O–H groups in total. The minimum atomic E-state index is -0.560. The Hall–Kier alpha value is -1.33. The number of halogens is 1. The monoisotopic (exact) mass is 326 g/mol. The SMILES string of the molecule is CC(Oc1cccc(Cl)c1)C(=O)N(CCC(N)=S)C1CC1. The number of carbonyl (C=O) groups is 1. The predicted octanol–water partition coefficient (Wildman–Crippen LogP) is 2.77. The van der Waals surface area contributed by atoms with E-state index in [0.717, 1.165) is 12.8 Å². The van der Waals surface area contributed by atoms with E-state index in [9.17, 15) is 4.79 Å². The fourth-order valence-electron chi connectivity index (χ4n) is 2.12. The van der Waals surface area contributed by atoms with E-state index < -0.39 is 6.10 Å². The third kappa shape index (κ3) is 4.86. The second-order valence-corrected chi connectivity index (χ2v) is 6.16. The van der Waals surface area contributed by atoms with Crippen LogP contribution >= 0.6 is 23.8 Å². The number of thiocarbonyl (C=S) groups is 1. The highest BCUT2D eigenvalue weighted by atomic mass is 35.5. The first kappa shape index (κ1) is 16.0. The summed E-state index contributed by atoms with van der Waals surface area (Å²) in [7, 11) is 0. The van der Waals surface area contributed by atoms with Gasteiger partial charge in [0.15, 0.2) is 6.10 Å². The molecule has 4 nitrogen and oxygen atoms in total. The molecule has 1 fully saturated rings. The van der Waals surface area contributed by atoms with Crippen LogP contribution in [-0.2, 0) is 4.79 Å². The van der Waals surface area contributed by atoms with Crippen molar-refractivity contribution < 1.29 is 9.53 Å². The van der Waals surface area contributed by atoms with Crippen molar-refractivity contribution in [3.63, 3.8) is 0 Å². The van der Waals surface area contributed by atoms with E-state index in [-0.39, 0.29) is 5.91 Å². The van der Waals surface area contributed by atoms with E-state index in [1.807, 2.05) is 4.90 Å². The number of hydrogen-bond donors (Lipinski definition) is 1. The van der Waals surface area contributed by atoms with Gasteiger partial charge in [0.05, 0.1) is 4.99 Å². The smallest absolute Gasteiger partial charge is 0.263 e. The van der Waals surface area contributed by atoms with Gasteiger partial charge in [-0.1, -0.05) is 29.9 Å². The lowest BCUT2D eigenvalue weighted by Gasteiger charge is -2.26. The second-order valence-electron chi connectivity index (χ2n) is 5.20. The van der Waals surface area contributed by atoms with Crippen LogP contribution in [-0.4, -0.2) is 34.5 Å². The van der Waals surface area contributed by atoms with Crippen molar-refractivity contribution in [1.29, 1.82) is 0 Å². The van der Waals surface area contributed by atoms with Crippen molar-refractivity contribution >= 4 is 34.7 Å². The van der Waals surface area contributed by atoms with Gasteiger partial charge in [-0.3, -0.25) is 4.79 Å². The molecule has 1 unspecified atom stereocenters. The summed E-state index contributed by atoms with van der Waals surface area (Å²) < 4.78 is 5.68. The lowest BCUT2D eigenvalue weighted by Crippen LogP contribution is -2.43. The van der Waals surface area contributed by atoms with Crippen LogP contribution in [0.25, 0.3) is 0 Å². The first-order chi connectivity index (χ1) is 9.97. The third-order valence-corrected chi connectivity index (χ3v) is 3.77. The van der Waals surface area contributed by atoms with E-state index >= 15 is 0 Å². The first-order valence-corrected chi connectivity index (χ1v) is 7.77. The summed E-state index contributed by atoms with van der Waals surface area (Å²) >= 11 is 10.8. The number of benzene rings is 1. The Morgan fingerprint density at radius 3 is 2.86 bits per heavy atom. The molecule has 0 bridgehead atoms. The molecule has 0 radical (unpaired) electrons. The summed E-state index contributed by atoms with van der Waals surface area (Å²) in [6, 6.07) is 7.34. The molecule has 1 aliphatic carbocycles. The van der Waals surface area contributed by atoms with Crippen LogP contribution in [0.4, 0.5) is 0 Å². The third-order valence-electron chi connectivity index (χ3n) is 3.33. The van der Waals surface area contributed by atoms with Gasteiger partial charge >= 0.3 is 0 Å². The average Bonchev–Trinajstić information content (AvgIpc) is 3.23. The molecule has 2 rings (SSSR count). The van der Waals surface area contributed by atoms with Crippen LogP contribution in [0.2, 0.25) is 5.02 Å². The van der Waals surface area contributed by atoms with Crippen LogP contribution in [0.5, 0.6) is 5.75 Å². The summed E-state index contributed by atoms with van der Waals surface area (Å²) in [4.78, 5) is 14.8. The molecule has 1 aliphatic rings. The highest BCUT2D eigenvalue weighted by Crippen LogP contribution is 2.28. The predicted molar refractivity (Wildman–Crippen MR) is 87.7 cm³/mol. The Bertz CT molecular complexity index is 534. The zero-order chi connectivity index (χ0) is 15.4. The summed E-state index contributed by atoms with van der Waals surface area (Å²) in [5.41, 5.74) is 5.53. The molecule has 1 saturated carbocycles. The summed E-state index contributed by atoms with van der Waals surface area (Å²) in [6.45, 7) is 2.31. The van der Waals surface area contributed by atoms with E-state index in [0.29, 0.717) is 34.8 Å². The lowest BCUT2D eigenvalue weighted by molar-refractivity contribution is -0.138. The van der Waals surface area contributed by atoms with E-state index in [4.69, 9.17) is 34.3 Å². The summed E-state index contributed by atoms with van der Waals surface area (Å²) in [6.07, 6.45) is 2.05. The van der Waals surface area contributed by atoms with Gasteiger partial charge in [-0.15, -0.1) is 0 Å².